The van der Waals surface area contributed by atoms with E-state index in [9.17, 15) is 13.6 Å². The van der Waals surface area contributed by atoms with Gasteiger partial charge in [-0.15, -0.1) is 11.3 Å². The zero-order valence-corrected chi connectivity index (χ0v) is 14.9. The second-order valence-electron chi connectivity index (χ2n) is 5.91. The fraction of sp³-hybridized carbons (Fsp3) is 0.235. The van der Waals surface area contributed by atoms with E-state index in [4.69, 9.17) is 0 Å². The summed E-state index contributed by atoms with van der Waals surface area (Å²) in [4.78, 5) is 12.5. The summed E-state index contributed by atoms with van der Waals surface area (Å²) in [6.45, 7) is 0.303. The number of carbonyl (C=O) groups excluding carboxylic acids is 1. The molecule has 0 aliphatic heterocycles. The molecule has 4 rings (SSSR count). The number of hydrogen-bond donors (Lipinski definition) is 1. The number of halogens is 3. The lowest BCUT2D eigenvalue weighted by Gasteiger charge is -2.11. The molecule has 0 radical (unpaired) electrons. The first-order valence-corrected chi connectivity index (χ1v) is 9.15. The third-order valence-electron chi connectivity index (χ3n) is 4.03. The van der Waals surface area contributed by atoms with Gasteiger partial charge in [-0.25, -0.2) is 8.78 Å². The molecular formula is C17H13BrF2N2OS. The number of hydrogen-bond acceptors (Lipinski definition) is 2. The van der Waals surface area contributed by atoms with Gasteiger partial charge in [0.15, 0.2) is 11.6 Å². The van der Waals surface area contributed by atoms with Crippen LogP contribution in [0.1, 0.15) is 28.9 Å². The summed E-state index contributed by atoms with van der Waals surface area (Å²) in [6.07, 6.45) is 2.02. The van der Waals surface area contributed by atoms with Gasteiger partial charge in [0.2, 0.25) is 0 Å². The van der Waals surface area contributed by atoms with Crippen molar-refractivity contribution in [3.63, 3.8) is 0 Å². The second-order valence-corrected chi connectivity index (χ2v) is 8.37. The molecule has 2 heterocycles. The Morgan fingerprint density at radius 1 is 1.25 bits per heavy atom. The van der Waals surface area contributed by atoms with E-state index in [2.05, 4.69) is 21.2 Å². The maximum Gasteiger partial charge on any atom is 0.268 e. The molecule has 0 bridgehead atoms. The normalized spacial score (nSPS) is 14.3. The van der Waals surface area contributed by atoms with E-state index >= 15 is 0 Å². The summed E-state index contributed by atoms with van der Waals surface area (Å²) in [6, 6.07) is 7.86. The number of amides is 1. The lowest BCUT2D eigenvalue weighted by molar-refractivity contribution is 0.0942. The molecule has 0 saturated heterocycles. The minimum atomic E-state index is -0.883. The summed E-state index contributed by atoms with van der Waals surface area (Å²) in [5, 5.41) is 2.98. The first-order chi connectivity index (χ1) is 11.5. The Balaban J connectivity index is 1.75. The fourth-order valence-electron chi connectivity index (χ4n) is 2.68. The van der Waals surface area contributed by atoms with Gasteiger partial charge in [-0.3, -0.25) is 4.79 Å². The molecule has 0 atom stereocenters. The van der Waals surface area contributed by atoms with Gasteiger partial charge in [-0.1, -0.05) is 6.07 Å². The Morgan fingerprint density at radius 2 is 2.04 bits per heavy atom. The van der Waals surface area contributed by atoms with Crippen LogP contribution in [0.3, 0.4) is 0 Å². The molecule has 7 heteroatoms. The third-order valence-corrected chi connectivity index (χ3v) is 5.60. The van der Waals surface area contributed by atoms with Crippen LogP contribution in [0, 0.1) is 11.6 Å². The van der Waals surface area contributed by atoms with E-state index in [1.165, 1.54) is 23.5 Å². The van der Waals surface area contributed by atoms with Crippen LogP contribution in [0.5, 0.6) is 0 Å². The van der Waals surface area contributed by atoms with Gasteiger partial charge in [0.05, 0.1) is 14.0 Å². The number of rotatable bonds is 4. The number of nitrogens with one attached hydrogen (secondary N) is 1. The zero-order chi connectivity index (χ0) is 16.8. The Kier molecular flexibility index (Phi) is 3.92. The van der Waals surface area contributed by atoms with Crippen LogP contribution in [-0.4, -0.2) is 16.5 Å². The highest BCUT2D eigenvalue weighted by Gasteiger charge is 2.26. The third kappa shape index (κ3) is 2.98. The number of nitrogens with zero attached hydrogens (tertiary/aromatic N) is 1. The fourth-order valence-corrected chi connectivity index (χ4v) is 4.24. The van der Waals surface area contributed by atoms with Crippen molar-refractivity contribution >= 4 is 43.4 Å². The standard InChI is InChI=1S/C17H13BrF2N2OS/c18-16-7-13-15(24-16)6-14(17(23)21-10-2-3-10)22(13)8-9-1-4-11(19)12(20)5-9/h1,4-7,10H,2-3,8H2,(H,21,23). The van der Waals surface area contributed by atoms with Crippen molar-refractivity contribution in [2.24, 2.45) is 0 Å². The Hall–Kier alpha value is -1.73. The SMILES string of the molecule is O=C(NC1CC1)c1cc2sc(Br)cc2n1Cc1ccc(F)c(F)c1. The topological polar surface area (TPSA) is 34.0 Å². The molecule has 1 amide bonds. The molecule has 0 unspecified atom stereocenters. The van der Waals surface area contributed by atoms with E-state index in [1.54, 1.807) is 0 Å². The number of thiophene rings is 1. The lowest BCUT2D eigenvalue weighted by Crippen LogP contribution is -2.27. The van der Waals surface area contributed by atoms with Crippen molar-refractivity contribution in [1.29, 1.82) is 0 Å². The van der Waals surface area contributed by atoms with Gasteiger partial charge >= 0.3 is 0 Å². The van der Waals surface area contributed by atoms with Gasteiger partial charge in [0.1, 0.15) is 5.69 Å². The van der Waals surface area contributed by atoms with Crippen molar-refractivity contribution in [3.05, 3.63) is 57.0 Å². The zero-order valence-electron chi connectivity index (χ0n) is 12.5. The summed E-state index contributed by atoms with van der Waals surface area (Å²) in [5.74, 6) is -1.88. The van der Waals surface area contributed by atoms with E-state index in [-0.39, 0.29) is 11.9 Å². The largest absolute Gasteiger partial charge is 0.348 e. The average molecular weight is 411 g/mol. The number of benzene rings is 1. The van der Waals surface area contributed by atoms with Crippen LogP contribution in [0.4, 0.5) is 8.78 Å². The molecule has 0 spiro atoms. The molecule has 1 fully saturated rings. The van der Waals surface area contributed by atoms with Crippen molar-refractivity contribution in [2.45, 2.75) is 25.4 Å². The van der Waals surface area contributed by atoms with E-state index in [0.717, 1.165) is 32.9 Å². The predicted molar refractivity (Wildman–Crippen MR) is 93.5 cm³/mol. The van der Waals surface area contributed by atoms with Crippen molar-refractivity contribution < 1.29 is 13.6 Å². The van der Waals surface area contributed by atoms with Crippen LogP contribution in [0.25, 0.3) is 10.2 Å². The maximum atomic E-state index is 13.5. The molecule has 3 nitrogen and oxygen atoms in total. The van der Waals surface area contributed by atoms with E-state index in [0.29, 0.717) is 17.8 Å². The summed E-state index contributed by atoms with van der Waals surface area (Å²) >= 11 is 4.99. The van der Waals surface area contributed by atoms with Gasteiger partial charge in [0, 0.05) is 12.6 Å². The molecular weight excluding hydrogens is 398 g/mol. The molecule has 2 aromatic heterocycles. The Bertz CT molecular complexity index is 946. The minimum Gasteiger partial charge on any atom is -0.348 e. The van der Waals surface area contributed by atoms with Crippen LogP contribution in [0.15, 0.2) is 34.1 Å². The van der Waals surface area contributed by atoms with Gasteiger partial charge < -0.3 is 9.88 Å². The number of fused-ring (bicyclic) bond motifs is 1. The van der Waals surface area contributed by atoms with Crippen LogP contribution in [0.2, 0.25) is 0 Å². The predicted octanol–water partition coefficient (Wildman–Crippen LogP) is 4.68. The van der Waals surface area contributed by atoms with E-state index in [1.807, 2.05) is 16.7 Å². The molecule has 1 N–H and O–H groups in total. The Labute approximate surface area is 149 Å². The van der Waals surface area contributed by atoms with Gasteiger partial charge in [-0.2, -0.15) is 0 Å². The molecule has 124 valence electrons. The summed E-state index contributed by atoms with van der Waals surface area (Å²) in [5.41, 5.74) is 2.05. The average Bonchev–Trinajstić information content (AvgIpc) is 3.18. The first kappa shape index (κ1) is 15.8. The first-order valence-electron chi connectivity index (χ1n) is 7.54. The monoisotopic (exact) mass is 410 g/mol. The highest BCUT2D eigenvalue weighted by Crippen LogP contribution is 2.33. The van der Waals surface area contributed by atoms with E-state index < -0.39 is 11.6 Å². The van der Waals surface area contributed by atoms with Gasteiger partial charge in [-0.05, 0) is 58.6 Å². The Morgan fingerprint density at radius 3 is 2.75 bits per heavy atom. The van der Waals surface area contributed by atoms with Crippen molar-refractivity contribution in [3.8, 4) is 0 Å². The highest BCUT2D eigenvalue weighted by molar-refractivity contribution is 9.11. The smallest absolute Gasteiger partial charge is 0.268 e. The highest BCUT2D eigenvalue weighted by atomic mass is 79.9. The quantitative estimate of drug-likeness (QED) is 0.665. The molecule has 1 saturated carbocycles. The van der Waals surface area contributed by atoms with Crippen molar-refractivity contribution in [2.75, 3.05) is 0 Å². The molecule has 1 aliphatic rings. The summed E-state index contributed by atoms with van der Waals surface area (Å²) in [7, 11) is 0. The molecule has 3 aromatic rings. The maximum absolute atomic E-state index is 13.5. The number of carbonyl (C=O) groups is 1. The van der Waals surface area contributed by atoms with Crippen molar-refractivity contribution in [1.82, 2.24) is 9.88 Å². The second kappa shape index (κ2) is 5.97. The van der Waals surface area contributed by atoms with Crippen LogP contribution >= 0.6 is 27.3 Å². The number of aromatic nitrogens is 1. The summed E-state index contributed by atoms with van der Waals surface area (Å²) < 4.78 is 30.4. The minimum absolute atomic E-state index is 0.125. The molecule has 1 aliphatic carbocycles. The molecule has 24 heavy (non-hydrogen) atoms. The van der Waals surface area contributed by atoms with Gasteiger partial charge in [0.25, 0.3) is 5.91 Å². The lowest BCUT2D eigenvalue weighted by atomic mass is 10.2. The van der Waals surface area contributed by atoms with Crippen LogP contribution in [-0.2, 0) is 6.54 Å². The molecule has 1 aromatic carbocycles. The van der Waals surface area contributed by atoms with Crippen LogP contribution < -0.4 is 5.32 Å².